The number of piperidine rings is 1. The van der Waals surface area contributed by atoms with Crippen LogP contribution in [0.25, 0.3) is 0 Å². The van der Waals surface area contributed by atoms with Gasteiger partial charge in [-0.25, -0.2) is 4.98 Å². The van der Waals surface area contributed by atoms with Crippen molar-refractivity contribution in [2.24, 2.45) is 10.8 Å². The van der Waals surface area contributed by atoms with E-state index in [4.69, 9.17) is 16.3 Å². The maximum Gasteiger partial charge on any atom is 0.270 e. The monoisotopic (exact) mass is 778 g/mol. The number of halogens is 1. The molecule has 4 aliphatic heterocycles. The van der Waals surface area contributed by atoms with Gasteiger partial charge in [-0.3, -0.25) is 39.1 Å². The van der Waals surface area contributed by atoms with Crippen LogP contribution in [0.2, 0.25) is 5.02 Å². The third-order valence-corrected chi connectivity index (χ3v) is 12.6. The predicted octanol–water partition coefficient (Wildman–Crippen LogP) is 3.63. The van der Waals surface area contributed by atoms with E-state index in [1.54, 1.807) is 42.6 Å². The van der Waals surface area contributed by atoms with Gasteiger partial charge in [-0.05, 0) is 48.9 Å². The number of rotatable bonds is 8. The fourth-order valence-corrected chi connectivity index (χ4v) is 9.62. The molecule has 5 aliphatic rings. The summed E-state index contributed by atoms with van der Waals surface area (Å²) in [6, 6.07) is 15.2. The van der Waals surface area contributed by atoms with E-state index in [2.05, 4.69) is 64.1 Å². The van der Waals surface area contributed by atoms with Gasteiger partial charge in [0.15, 0.2) is 0 Å². The van der Waals surface area contributed by atoms with E-state index >= 15 is 0 Å². The molecule has 5 heterocycles. The number of nitriles is 1. The number of nitrogens with zero attached hydrogens (tertiary/aromatic N) is 6. The van der Waals surface area contributed by atoms with Crippen LogP contribution in [0.4, 0.5) is 11.4 Å². The van der Waals surface area contributed by atoms with Gasteiger partial charge in [0.2, 0.25) is 11.8 Å². The number of carbonyl (C=O) groups excluding carboxylic acids is 5. The molecule has 2 aromatic carbocycles. The first-order valence-electron chi connectivity index (χ1n) is 18.9. The zero-order valence-corrected chi connectivity index (χ0v) is 32.4. The van der Waals surface area contributed by atoms with Gasteiger partial charge in [0.25, 0.3) is 17.7 Å². The van der Waals surface area contributed by atoms with Crippen molar-refractivity contribution in [2.75, 3.05) is 49.1 Å². The molecule has 8 rings (SSSR count). The summed E-state index contributed by atoms with van der Waals surface area (Å²) >= 11 is 6.24. The van der Waals surface area contributed by atoms with Crippen LogP contribution < -0.4 is 25.2 Å². The molecule has 56 heavy (non-hydrogen) atoms. The highest BCUT2D eigenvalue weighted by molar-refractivity contribution is 6.31. The topological polar surface area (TPSA) is 168 Å². The SMILES string of the molecule is CC1(C)C(NC(=O)c2ccc(N3CCN(C4CN(c5ccc6c(c5)C(=O)N(C5CCC(=O)NC5=O)C6=O)C4)CC3)cn2)C(C)(C)C1Oc1ccc(C#N)c(Cl)c1. The largest absolute Gasteiger partial charge is 0.489 e. The van der Waals surface area contributed by atoms with Crippen molar-refractivity contribution in [1.29, 1.82) is 5.26 Å². The van der Waals surface area contributed by atoms with Crippen molar-refractivity contribution in [2.45, 2.75) is 64.8 Å². The molecular weight excluding hydrogens is 736 g/mol. The van der Waals surface area contributed by atoms with E-state index in [1.165, 1.54) is 0 Å². The lowest BCUT2D eigenvalue weighted by molar-refractivity contribution is -0.164. The lowest BCUT2D eigenvalue weighted by Gasteiger charge is -2.63. The molecule has 14 nitrogen and oxygen atoms in total. The molecule has 0 radical (unpaired) electrons. The number of fused-ring (bicyclic) bond motifs is 1. The molecule has 1 saturated carbocycles. The third kappa shape index (κ3) is 6.32. The number of hydrogen-bond acceptors (Lipinski definition) is 11. The Balaban J connectivity index is 0.817. The van der Waals surface area contributed by atoms with E-state index in [-0.39, 0.29) is 42.0 Å². The smallest absolute Gasteiger partial charge is 0.270 e. The molecule has 1 unspecified atom stereocenters. The van der Waals surface area contributed by atoms with Gasteiger partial charge in [0, 0.05) is 80.4 Å². The second kappa shape index (κ2) is 13.9. The minimum Gasteiger partial charge on any atom is -0.489 e. The highest BCUT2D eigenvalue weighted by Crippen LogP contribution is 2.55. The van der Waals surface area contributed by atoms with Gasteiger partial charge in [-0.2, -0.15) is 5.26 Å². The van der Waals surface area contributed by atoms with E-state index in [1.807, 2.05) is 12.1 Å². The van der Waals surface area contributed by atoms with E-state index < -0.39 is 40.5 Å². The second-order valence-electron chi connectivity index (χ2n) is 16.5. The summed E-state index contributed by atoms with van der Waals surface area (Å²) in [4.78, 5) is 76.3. The Morgan fingerprint density at radius 3 is 2.25 bits per heavy atom. The number of anilines is 2. The van der Waals surface area contributed by atoms with E-state index in [0.29, 0.717) is 28.1 Å². The van der Waals surface area contributed by atoms with Crippen LogP contribution in [0.3, 0.4) is 0 Å². The van der Waals surface area contributed by atoms with Gasteiger partial charge in [0.1, 0.15) is 29.7 Å². The number of ether oxygens (including phenoxy) is 1. The third-order valence-electron chi connectivity index (χ3n) is 12.3. The van der Waals surface area contributed by atoms with Gasteiger partial charge in [-0.15, -0.1) is 0 Å². The van der Waals surface area contributed by atoms with Gasteiger partial charge >= 0.3 is 0 Å². The zero-order valence-electron chi connectivity index (χ0n) is 31.7. The van der Waals surface area contributed by atoms with Crippen LogP contribution in [-0.2, 0) is 9.59 Å². The van der Waals surface area contributed by atoms with Gasteiger partial charge < -0.3 is 19.9 Å². The van der Waals surface area contributed by atoms with Crippen molar-refractivity contribution in [3.8, 4) is 11.8 Å². The van der Waals surface area contributed by atoms with Crippen molar-refractivity contribution >= 4 is 52.5 Å². The predicted molar refractivity (Wildman–Crippen MR) is 207 cm³/mol. The summed E-state index contributed by atoms with van der Waals surface area (Å²) in [6.45, 7) is 13.2. The number of benzene rings is 2. The van der Waals surface area contributed by atoms with Crippen LogP contribution in [0.1, 0.15) is 77.3 Å². The molecule has 4 fully saturated rings. The number of aromatic nitrogens is 1. The van der Waals surface area contributed by atoms with Crippen LogP contribution >= 0.6 is 11.6 Å². The first-order chi connectivity index (χ1) is 26.7. The normalized spacial score (nSPS) is 24.5. The summed E-state index contributed by atoms with van der Waals surface area (Å²) in [5, 5.41) is 15.0. The Morgan fingerprint density at radius 1 is 0.911 bits per heavy atom. The summed E-state index contributed by atoms with van der Waals surface area (Å²) in [5.74, 6) is -1.70. The van der Waals surface area contributed by atoms with Crippen LogP contribution in [0.15, 0.2) is 54.7 Å². The summed E-state index contributed by atoms with van der Waals surface area (Å²) in [6.07, 6.45) is 1.75. The van der Waals surface area contributed by atoms with Crippen LogP contribution in [0.5, 0.6) is 5.75 Å². The van der Waals surface area contributed by atoms with Crippen LogP contribution in [-0.4, -0.2) is 108 Å². The Hall–Kier alpha value is -5.52. The second-order valence-corrected chi connectivity index (χ2v) is 16.9. The molecule has 3 saturated heterocycles. The minimum absolute atomic E-state index is 0.0809. The van der Waals surface area contributed by atoms with Crippen molar-refractivity contribution in [1.82, 2.24) is 25.4 Å². The molecule has 2 N–H and O–H groups in total. The molecule has 0 bridgehead atoms. The van der Waals surface area contributed by atoms with Crippen molar-refractivity contribution in [3.63, 3.8) is 0 Å². The molecule has 15 heteroatoms. The highest BCUT2D eigenvalue weighted by atomic mass is 35.5. The molecular formula is C41H43ClN8O6. The maximum atomic E-state index is 13.4. The minimum atomic E-state index is -0.986. The van der Waals surface area contributed by atoms with E-state index in [0.717, 1.165) is 55.5 Å². The summed E-state index contributed by atoms with van der Waals surface area (Å²) < 4.78 is 6.35. The van der Waals surface area contributed by atoms with Crippen LogP contribution in [0, 0.1) is 22.2 Å². The Morgan fingerprint density at radius 2 is 1.61 bits per heavy atom. The number of hydrogen-bond donors (Lipinski definition) is 2. The standard InChI is InChI=1S/C41H43ClN8O6/c1-40(2)38(41(3,4)39(40)56-27-8-5-23(19-43)30(42)18-27)46-34(52)31-10-7-25(20-44-31)47-13-15-48(16-14-47)26-21-49(22-26)24-6-9-28-29(17-24)37(55)50(36(28)54)32-11-12-33(51)45-35(32)53/h5-10,17-18,20,26,32,38-39H,11-16,21-22H2,1-4H3,(H,46,52)(H,45,51,53). The molecule has 0 spiro atoms. The Bertz CT molecular complexity index is 2170. The number of nitrogens with one attached hydrogen (secondary N) is 2. The number of imide groups is 2. The van der Waals surface area contributed by atoms with Crippen molar-refractivity contribution in [3.05, 3.63) is 82.1 Å². The first kappa shape index (κ1) is 37.4. The molecule has 1 atom stereocenters. The number of amides is 5. The molecule has 1 aromatic heterocycles. The quantitative estimate of drug-likeness (QED) is 0.321. The fourth-order valence-electron chi connectivity index (χ4n) is 9.41. The Labute approximate surface area is 329 Å². The Kier molecular flexibility index (Phi) is 9.28. The molecule has 3 aromatic rings. The van der Waals surface area contributed by atoms with Crippen molar-refractivity contribution < 1.29 is 28.7 Å². The number of carbonyl (C=O) groups is 5. The lowest BCUT2D eigenvalue weighted by Crippen LogP contribution is -2.74. The molecule has 5 amide bonds. The average molecular weight is 779 g/mol. The fraction of sp³-hybridized carbons (Fsp3) is 0.439. The van der Waals surface area contributed by atoms with Gasteiger partial charge in [-0.1, -0.05) is 39.3 Å². The average Bonchev–Trinajstić information content (AvgIpc) is 3.40. The lowest BCUT2D eigenvalue weighted by atomic mass is 9.49. The molecule has 1 aliphatic carbocycles. The maximum absolute atomic E-state index is 13.4. The summed E-state index contributed by atoms with van der Waals surface area (Å²) in [5.41, 5.74) is 2.32. The number of piperazine rings is 1. The number of pyridine rings is 1. The molecule has 290 valence electrons. The van der Waals surface area contributed by atoms with E-state index in [9.17, 15) is 29.2 Å². The first-order valence-corrected chi connectivity index (χ1v) is 19.3. The zero-order chi connectivity index (χ0) is 39.7. The summed E-state index contributed by atoms with van der Waals surface area (Å²) in [7, 11) is 0. The highest BCUT2D eigenvalue weighted by Gasteiger charge is 2.64. The van der Waals surface area contributed by atoms with Gasteiger partial charge in [0.05, 0.1) is 33.6 Å².